The van der Waals surface area contributed by atoms with Crippen LogP contribution in [0.25, 0.3) is 0 Å². The highest BCUT2D eigenvalue weighted by Gasteiger charge is 1.99. The molecule has 0 heterocycles. The molecule has 0 aliphatic carbocycles. The zero-order chi connectivity index (χ0) is 16.3. The quantitative estimate of drug-likeness (QED) is 0.417. The number of rotatable bonds is 10. The molecule has 0 saturated carbocycles. The van der Waals surface area contributed by atoms with E-state index in [1.165, 1.54) is 68.1 Å². The highest BCUT2D eigenvalue weighted by molar-refractivity contribution is 5.24. The number of benzene rings is 2. The Balaban J connectivity index is 1.49. The van der Waals surface area contributed by atoms with Crippen LogP contribution in [0, 0.1) is 0 Å². The van der Waals surface area contributed by atoms with Gasteiger partial charge >= 0.3 is 0 Å². The van der Waals surface area contributed by atoms with Gasteiger partial charge in [0.15, 0.2) is 0 Å². The molecule has 0 aliphatic rings. The molecule has 124 valence electrons. The van der Waals surface area contributed by atoms with Crippen molar-refractivity contribution in [1.82, 2.24) is 0 Å². The van der Waals surface area contributed by atoms with Crippen molar-refractivity contribution in [2.24, 2.45) is 0 Å². The van der Waals surface area contributed by atoms with Gasteiger partial charge in [-0.15, -0.1) is 0 Å². The summed E-state index contributed by atoms with van der Waals surface area (Å²) in [5.41, 5.74) is 4.43. The predicted molar refractivity (Wildman–Crippen MR) is 102 cm³/mol. The second-order valence-corrected chi connectivity index (χ2v) is 7.00. The van der Waals surface area contributed by atoms with Crippen LogP contribution in [0.1, 0.15) is 75.0 Å². The van der Waals surface area contributed by atoms with Gasteiger partial charge in [-0.1, -0.05) is 94.1 Å². The topological polar surface area (TPSA) is 0 Å². The van der Waals surface area contributed by atoms with E-state index < -0.39 is 0 Å². The van der Waals surface area contributed by atoms with E-state index in [2.05, 4.69) is 68.4 Å². The van der Waals surface area contributed by atoms with Crippen molar-refractivity contribution in [3.8, 4) is 0 Å². The molecule has 0 nitrogen and oxygen atoms in total. The Morgan fingerprint density at radius 2 is 1.04 bits per heavy atom. The summed E-state index contributed by atoms with van der Waals surface area (Å²) >= 11 is 0. The average molecular weight is 309 g/mol. The van der Waals surface area contributed by atoms with Crippen LogP contribution in [0.5, 0.6) is 0 Å². The van der Waals surface area contributed by atoms with Gasteiger partial charge in [0.05, 0.1) is 0 Å². The Morgan fingerprint density at radius 3 is 1.57 bits per heavy atom. The monoisotopic (exact) mass is 308 g/mol. The van der Waals surface area contributed by atoms with E-state index in [0.29, 0.717) is 5.92 Å². The average Bonchev–Trinajstić information content (AvgIpc) is 2.58. The highest BCUT2D eigenvalue weighted by atomic mass is 14.0. The minimum Gasteiger partial charge on any atom is -0.0622 e. The van der Waals surface area contributed by atoms with E-state index in [9.17, 15) is 0 Å². The lowest BCUT2D eigenvalue weighted by atomic mass is 9.99. The molecule has 0 spiro atoms. The molecule has 0 fully saturated rings. The summed E-state index contributed by atoms with van der Waals surface area (Å²) in [7, 11) is 0. The maximum Gasteiger partial charge on any atom is -0.0219 e. The van der Waals surface area contributed by atoms with Gasteiger partial charge in [0.1, 0.15) is 0 Å². The standard InChI is InChI=1S/C23H32/c1-20(2)23-18-16-22(17-19-23)15-9-6-4-3-5-8-12-21-13-10-7-11-14-21/h7,10-11,13-14,16-20H,3-6,8-9,12,15H2,1-2H3. The summed E-state index contributed by atoms with van der Waals surface area (Å²) in [6.07, 6.45) is 10.7. The summed E-state index contributed by atoms with van der Waals surface area (Å²) < 4.78 is 0. The van der Waals surface area contributed by atoms with E-state index in [-0.39, 0.29) is 0 Å². The second kappa shape index (κ2) is 10.3. The Labute approximate surface area is 143 Å². The molecule has 23 heavy (non-hydrogen) atoms. The normalized spacial score (nSPS) is 11.1. The van der Waals surface area contributed by atoms with Crippen molar-refractivity contribution < 1.29 is 0 Å². The van der Waals surface area contributed by atoms with Crippen molar-refractivity contribution >= 4 is 0 Å². The molecule has 2 aromatic carbocycles. The molecule has 0 amide bonds. The van der Waals surface area contributed by atoms with Crippen molar-refractivity contribution in [2.45, 2.75) is 71.1 Å². The molecule has 0 atom stereocenters. The molecular weight excluding hydrogens is 276 g/mol. The molecule has 0 radical (unpaired) electrons. The fraction of sp³-hybridized carbons (Fsp3) is 0.478. The molecule has 0 aliphatic heterocycles. The Kier molecular flexibility index (Phi) is 7.93. The predicted octanol–water partition coefficient (Wildman–Crippen LogP) is 6.94. The molecule has 2 aromatic rings. The lowest BCUT2D eigenvalue weighted by Gasteiger charge is -2.07. The molecule has 2 rings (SSSR count). The van der Waals surface area contributed by atoms with Crippen LogP contribution >= 0.6 is 0 Å². The molecule has 0 saturated heterocycles. The maximum atomic E-state index is 2.31. The lowest BCUT2D eigenvalue weighted by molar-refractivity contribution is 0.594. The summed E-state index contributed by atoms with van der Waals surface area (Å²) in [5, 5.41) is 0. The third kappa shape index (κ3) is 7.03. The van der Waals surface area contributed by atoms with Crippen molar-refractivity contribution in [3.05, 3.63) is 71.3 Å². The SMILES string of the molecule is CC(C)c1ccc(CCCCCCCCc2ccccc2)cc1. The Morgan fingerprint density at radius 1 is 0.565 bits per heavy atom. The number of unbranched alkanes of at least 4 members (excludes halogenated alkanes) is 5. The van der Waals surface area contributed by atoms with Gasteiger partial charge in [-0.25, -0.2) is 0 Å². The molecular formula is C23H32. The minimum absolute atomic E-state index is 0.639. The van der Waals surface area contributed by atoms with Crippen molar-refractivity contribution in [2.75, 3.05) is 0 Å². The largest absolute Gasteiger partial charge is 0.0622 e. The first kappa shape index (κ1) is 17.8. The van der Waals surface area contributed by atoms with Gasteiger partial charge in [0, 0.05) is 0 Å². The fourth-order valence-corrected chi connectivity index (χ4v) is 3.08. The van der Waals surface area contributed by atoms with E-state index in [1.807, 2.05) is 0 Å². The summed E-state index contributed by atoms with van der Waals surface area (Å²) in [4.78, 5) is 0. The maximum absolute atomic E-state index is 2.31. The third-order valence-electron chi connectivity index (χ3n) is 4.67. The van der Waals surface area contributed by atoms with Crippen LogP contribution in [-0.4, -0.2) is 0 Å². The second-order valence-electron chi connectivity index (χ2n) is 7.00. The molecule has 0 bridgehead atoms. The van der Waals surface area contributed by atoms with Gasteiger partial charge in [-0.05, 0) is 48.3 Å². The van der Waals surface area contributed by atoms with Crippen LogP contribution in [0.3, 0.4) is 0 Å². The first-order valence-corrected chi connectivity index (χ1v) is 9.38. The van der Waals surface area contributed by atoms with Gasteiger partial charge in [0.2, 0.25) is 0 Å². The molecule has 0 heteroatoms. The first-order chi connectivity index (χ1) is 11.3. The third-order valence-corrected chi connectivity index (χ3v) is 4.67. The molecule has 0 unspecified atom stereocenters. The number of hydrogen-bond acceptors (Lipinski definition) is 0. The van der Waals surface area contributed by atoms with Gasteiger partial charge in [0.25, 0.3) is 0 Å². The van der Waals surface area contributed by atoms with Crippen molar-refractivity contribution in [3.63, 3.8) is 0 Å². The highest BCUT2D eigenvalue weighted by Crippen LogP contribution is 2.16. The summed E-state index contributed by atoms with van der Waals surface area (Å²) in [6, 6.07) is 20.1. The van der Waals surface area contributed by atoms with E-state index in [4.69, 9.17) is 0 Å². The zero-order valence-electron chi connectivity index (χ0n) is 14.9. The molecule has 0 aromatic heterocycles. The van der Waals surface area contributed by atoms with E-state index in [1.54, 1.807) is 0 Å². The van der Waals surface area contributed by atoms with Gasteiger partial charge in [-0.3, -0.25) is 0 Å². The summed E-state index contributed by atoms with van der Waals surface area (Å²) in [6.45, 7) is 4.51. The lowest BCUT2D eigenvalue weighted by Crippen LogP contribution is -1.90. The van der Waals surface area contributed by atoms with Crippen LogP contribution < -0.4 is 0 Å². The number of hydrogen-bond donors (Lipinski definition) is 0. The van der Waals surface area contributed by atoms with Crippen LogP contribution in [0.2, 0.25) is 0 Å². The number of aryl methyl sites for hydroxylation is 2. The fourth-order valence-electron chi connectivity index (χ4n) is 3.08. The molecule has 0 N–H and O–H groups in total. The van der Waals surface area contributed by atoms with Gasteiger partial charge in [-0.2, -0.15) is 0 Å². The summed E-state index contributed by atoms with van der Waals surface area (Å²) in [5.74, 6) is 0.639. The van der Waals surface area contributed by atoms with E-state index >= 15 is 0 Å². The Hall–Kier alpha value is -1.56. The minimum atomic E-state index is 0.639. The van der Waals surface area contributed by atoms with Crippen LogP contribution in [-0.2, 0) is 12.8 Å². The zero-order valence-corrected chi connectivity index (χ0v) is 14.9. The van der Waals surface area contributed by atoms with Crippen molar-refractivity contribution in [1.29, 1.82) is 0 Å². The first-order valence-electron chi connectivity index (χ1n) is 9.38. The Bertz CT molecular complexity index is 522. The van der Waals surface area contributed by atoms with Crippen LogP contribution in [0.15, 0.2) is 54.6 Å². The van der Waals surface area contributed by atoms with E-state index in [0.717, 1.165) is 0 Å². The smallest absolute Gasteiger partial charge is 0.0219 e. The van der Waals surface area contributed by atoms with Crippen LogP contribution in [0.4, 0.5) is 0 Å². The van der Waals surface area contributed by atoms with Gasteiger partial charge < -0.3 is 0 Å².